The Morgan fingerprint density at radius 2 is 2.14 bits per heavy atom. The summed E-state index contributed by atoms with van der Waals surface area (Å²) in [5.74, 6) is -0.188. The number of benzene rings is 1. The summed E-state index contributed by atoms with van der Waals surface area (Å²) >= 11 is 12.0. The topological polar surface area (TPSA) is 29.5 Å². The minimum Gasteiger partial charge on any atom is -0.462 e. The Balaban J connectivity index is 1.90. The van der Waals surface area contributed by atoms with E-state index >= 15 is 0 Å². The highest BCUT2D eigenvalue weighted by Gasteiger charge is 2.19. The van der Waals surface area contributed by atoms with Crippen molar-refractivity contribution in [1.29, 1.82) is 0 Å². The van der Waals surface area contributed by atoms with Crippen LogP contribution in [-0.2, 0) is 16.1 Å². The first-order chi connectivity index (χ1) is 10.6. The first-order valence-corrected chi connectivity index (χ1v) is 8.38. The van der Waals surface area contributed by atoms with Crippen molar-refractivity contribution in [3.05, 3.63) is 45.5 Å². The maximum Gasteiger partial charge on any atom is 0.334 e. The molecule has 0 radical (unpaired) electrons. The van der Waals surface area contributed by atoms with Crippen LogP contribution in [0.25, 0.3) is 0 Å². The van der Waals surface area contributed by atoms with Gasteiger partial charge in [0.2, 0.25) is 0 Å². The second-order valence-corrected chi connectivity index (χ2v) is 6.28. The van der Waals surface area contributed by atoms with E-state index in [4.69, 9.17) is 27.9 Å². The van der Waals surface area contributed by atoms with Crippen molar-refractivity contribution in [3.8, 4) is 0 Å². The van der Waals surface area contributed by atoms with Crippen molar-refractivity contribution in [2.24, 2.45) is 0 Å². The average Bonchev–Trinajstić information content (AvgIpc) is 2.51. The normalized spacial score (nSPS) is 15.5. The number of nitrogens with zero attached hydrogens (tertiary/aromatic N) is 1. The van der Waals surface area contributed by atoms with Crippen LogP contribution in [0.5, 0.6) is 0 Å². The van der Waals surface area contributed by atoms with E-state index in [1.165, 1.54) is 0 Å². The molecule has 0 aromatic heterocycles. The maximum absolute atomic E-state index is 12.0. The molecule has 0 saturated heterocycles. The fraction of sp³-hybridized carbons (Fsp3) is 0.471. The van der Waals surface area contributed by atoms with Crippen LogP contribution in [0.4, 0.5) is 0 Å². The number of unbranched alkanes of at least 4 members (excludes halogenated alkanes) is 1. The SMILES string of the molecule is CCCCOC(=O)C1=CCCN(Cc2ccc(Cl)c(Cl)c2)C1. The molecule has 0 amide bonds. The number of carbonyl (C=O) groups is 1. The predicted octanol–water partition coefficient (Wildman–Crippen LogP) is 4.47. The molecule has 22 heavy (non-hydrogen) atoms. The molecule has 1 aliphatic rings. The molecule has 0 bridgehead atoms. The molecule has 0 saturated carbocycles. The summed E-state index contributed by atoms with van der Waals surface area (Å²) in [6.45, 7) is 4.86. The molecule has 0 unspecified atom stereocenters. The van der Waals surface area contributed by atoms with Crippen molar-refractivity contribution in [1.82, 2.24) is 4.90 Å². The standard InChI is InChI=1S/C17H21Cl2NO2/c1-2-3-9-22-17(21)14-5-4-8-20(12-14)11-13-6-7-15(18)16(19)10-13/h5-7,10H,2-4,8-9,11-12H2,1H3. The highest BCUT2D eigenvalue weighted by atomic mass is 35.5. The van der Waals surface area contributed by atoms with Crippen LogP contribution in [0.15, 0.2) is 29.8 Å². The van der Waals surface area contributed by atoms with E-state index in [9.17, 15) is 4.79 Å². The lowest BCUT2D eigenvalue weighted by Gasteiger charge is -2.26. The molecular formula is C17H21Cl2NO2. The molecule has 2 rings (SSSR count). The third kappa shape index (κ3) is 5.01. The van der Waals surface area contributed by atoms with E-state index in [1.807, 2.05) is 18.2 Å². The quantitative estimate of drug-likeness (QED) is 0.564. The molecule has 5 heteroatoms. The van der Waals surface area contributed by atoms with E-state index in [2.05, 4.69) is 11.8 Å². The van der Waals surface area contributed by atoms with Gasteiger partial charge in [-0.05, 0) is 30.5 Å². The van der Waals surface area contributed by atoms with Gasteiger partial charge in [0.1, 0.15) is 0 Å². The Labute approximate surface area is 141 Å². The molecule has 0 aliphatic carbocycles. The predicted molar refractivity (Wildman–Crippen MR) is 90.3 cm³/mol. The van der Waals surface area contributed by atoms with Crippen molar-refractivity contribution < 1.29 is 9.53 Å². The van der Waals surface area contributed by atoms with Gasteiger partial charge in [0, 0.05) is 25.2 Å². The summed E-state index contributed by atoms with van der Waals surface area (Å²) < 4.78 is 5.28. The van der Waals surface area contributed by atoms with Crippen LogP contribution < -0.4 is 0 Å². The van der Waals surface area contributed by atoms with Crippen LogP contribution in [0.2, 0.25) is 10.0 Å². The third-order valence-corrected chi connectivity index (χ3v) is 4.35. The van der Waals surface area contributed by atoms with Gasteiger partial charge in [0.05, 0.1) is 16.7 Å². The molecule has 0 spiro atoms. The molecule has 1 aromatic rings. The number of ether oxygens (including phenoxy) is 1. The Bertz CT molecular complexity index is 558. The Kier molecular flexibility index (Phi) is 6.74. The summed E-state index contributed by atoms with van der Waals surface area (Å²) in [4.78, 5) is 14.2. The van der Waals surface area contributed by atoms with E-state index in [0.717, 1.165) is 43.5 Å². The zero-order valence-corrected chi connectivity index (χ0v) is 14.3. The molecule has 3 nitrogen and oxygen atoms in total. The molecule has 0 fully saturated rings. The molecule has 120 valence electrons. The monoisotopic (exact) mass is 341 g/mol. The lowest BCUT2D eigenvalue weighted by molar-refractivity contribution is -0.139. The van der Waals surface area contributed by atoms with Crippen molar-refractivity contribution in [2.45, 2.75) is 32.7 Å². The molecule has 1 aromatic carbocycles. The van der Waals surface area contributed by atoms with Gasteiger partial charge < -0.3 is 4.74 Å². The second-order valence-electron chi connectivity index (χ2n) is 5.47. The molecular weight excluding hydrogens is 321 g/mol. The summed E-state index contributed by atoms with van der Waals surface area (Å²) in [5.41, 5.74) is 1.84. The van der Waals surface area contributed by atoms with E-state index < -0.39 is 0 Å². The van der Waals surface area contributed by atoms with E-state index in [0.29, 0.717) is 23.2 Å². The summed E-state index contributed by atoms with van der Waals surface area (Å²) in [7, 11) is 0. The zero-order valence-electron chi connectivity index (χ0n) is 12.8. The summed E-state index contributed by atoms with van der Waals surface area (Å²) in [6, 6.07) is 5.64. The molecule has 1 heterocycles. The third-order valence-electron chi connectivity index (χ3n) is 3.61. The van der Waals surface area contributed by atoms with Crippen molar-refractivity contribution in [3.63, 3.8) is 0 Å². The van der Waals surface area contributed by atoms with Gasteiger partial charge in [-0.3, -0.25) is 4.90 Å². The number of hydrogen-bond acceptors (Lipinski definition) is 3. The molecule has 0 N–H and O–H groups in total. The number of halogens is 2. The van der Waals surface area contributed by atoms with Crippen molar-refractivity contribution in [2.75, 3.05) is 19.7 Å². The second kappa shape index (κ2) is 8.56. The van der Waals surface area contributed by atoms with Gasteiger partial charge in [-0.1, -0.05) is 48.7 Å². The number of carbonyl (C=O) groups excluding carboxylic acids is 1. The molecule has 1 aliphatic heterocycles. The van der Waals surface area contributed by atoms with Gasteiger partial charge >= 0.3 is 5.97 Å². The van der Waals surface area contributed by atoms with Crippen molar-refractivity contribution >= 4 is 29.2 Å². The Morgan fingerprint density at radius 1 is 1.32 bits per heavy atom. The first-order valence-electron chi connectivity index (χ1n) is 7.62. The fourth-order valence-corrected chi connectivity index (χ4v) is 2.71. The largest absolute Gasteiger partial charge is 0.462 e. The number of hydrogen-bond donors (Lipinski definition) is 0. The van der Waals surface area contributed by atoms with E-state index in [1.54, 1.807) is 6.07 Å². The highest BCUT2D eigenvalue weighted by Crippen LogP contribution is 2.24. The number of esters is 1. The number of rotatable bonds is 6. The Hall–Kier alpha value is -1.03. The maximum atomic E-state index is 12.0. The van der Waals surface area contributed by atoms with Crippen LogP contribution in [0.1, 0.15) is 31.7 Å². The van der Waals surface area contributed by atoms with Crippen LogP contribution in [-0.4, -0.2) is 30.6 Å². The van der Waals surface area contributed by atoms with Crippen LogP contribution in [0.3, 0.4) is 0 Å². The van der Waals surface area contributed by atoms with Crippen LogP contribution >= 0.6 is 23.2 Å². The average molecular weight is 342 g/mol. The summed E-state index contributed by atoms with van der Waals surface area (Å²) in [6.07, 6.45) is 4.78. The smallest absolute Gasteiger partial charge is 0.334 e. The van der Waals surface area contributed by atoms with Gasteiger partial charge in [0.25, 0.3) is 0 Å². The van der Waals surface area contributed by atoms with Gasteiger partial charge in [0.15, 0.2) is 0 Å². The highest BCUT2D eigenvalue weighted by molar-refractivity contribution is 6.42. The van der Waals surface area contributed by atoms with Gasteiger partial charge in [-0.2, -0.15) is 0 Å². The minimum absolute atomic E-state index is 0.188. The van der Waals surface area contributed by atoms with E-state index in [-0.39, 0.29) is 5.97 Å². The zero-order chi connectivity index (χ0) is 15.9. The van der Waals surface area contributed by atoms with Crippen LogP contribution in [0, 0.1) is 0 Å². The fourth-order valence-electron chi connectivity index (χ4n) is 2.39. The van der Waals surface area contributed by atoms with Gasteiger partial charge in [-0.25, -0.2) is 4.79 Å². The lowest BCUT2D eigenvalue weighted by atomic mass is 10.1. The summed E-state index contributed by atoms with van der Waals surface area (Å²) in [5, 5.41) is 1.12. The minimum atomic E-state index is -0.188. The Morgan fingerprint density at radius 3 is 2.86 bits per heavy atom. The lowest BCUT2D eigenvalue weighted by Crippen LogP contribution is -2.32. The van der Waals surface area contributed by atoms with Gasteiger partial charge in [-0.15, -0.1) is 0 Å². The molecule has 0 atom stereocenters. The first kappa shape index (κ1) is 17.3.